The lowest BCUT2D eigenvalue weighted by atomic mass is 10.3. The van der Waals surface area contributed by atoms with Crippen molar-refractivity contribution in [2.75, 3.05) is 26.2 Å². The molecule has 8 nitrogen and oxygen atoms in total. The van der Waals surface area contributed by atoms with E-state index in [1.165, 1.54) is 15.3 Å². The van der Waals surface area contributed by atoms with Gasteiger partial charge in [-0.15, -0.1) is 5.10 Å². The van der Waals surface area contributed by atoms with Crippen LogP contribution in [-0.2, 0) is 10.0 Å². The first-order chi connectivity index (χ1) is 13.9. The van der Waals surface area contributed by atoms with Gasteiger partial charge < -0.3 is 4.90 Å². The molecule has 0 aliphatic carbocycles. The number of carbonyl (C=O) groups is 1. The number of piperazine rings is 1. The first kappa shape index (κ1) is 19.7. The number of halogens is 1. The van der Waals surface area contributed by atoms with Crippen LogP contribution >= 0.6 is 15.9 Å². The van der Waals surface area contributed by atoms with Crippen molar-refractivity contribution in [3.8, 4) is 5.69 Å². The van der Waals surface area contributed by atoms with Gasteiger partial charge in [-0.1, -0.05) is 40.2 Å². The molecule has 3 aromatic rings. The fourth-order valence-corrected chi connectivity index (χ4v) is 5.14. The molecule has 0 unspecified atom stereocenters. The monoisotopic (exact) mass is 475 g/mol. The number of hydrogen-bond acceptors (Lipinski definition) is 5. The zero-order chi connectivity index (χ0) is 20.4. The van der Waals surface area contributed by atoms with E-state index in [4.69, 9.17) is 0 Å². The van der Waals surface area contributed by atoms with Crippen LogP contribution in [0.5, 0.6) is 0 Å². The van der Waals surface area contributed by atoms with Gasteiger partial charge in [-0.3, -0.25) is 4.79 Å². The van der Waals surface area contributed by atoms with Crippen LogP contribution in [-0.4, -0.2) is 64.7 Å². The Morgan fingerprint density at radius 1 is 0.966 bits per heavy atom. The molecule has 1 aliphatic rings. The Balaban J connectivity index is 1.43. The molecule has 1 aromatic heterocycles. The summed E-state index contributed by atoms with van der Waals surface area (Å²) in [6.07, 6.45) is 1.43. The van der Waals surface area contributed by atoms with Crippen LogP contribution in [0.1, 0.15) is 10.5 Å². The maximum absolute atomic E-state index is 12.8. The second-order valence-electron chi connectivity index (χ2n) is 6.51. The SMILES string of the molecule is O=C(c1cnn(-c2ccccc2)n1)N1CCN(S(=O)(=O)c2cccc(Br)c2)CC1. The van der Waals surface area contributed by atoms with Crippen molar-refractivity contribution in [3.05, 3.63) is 71.0 Å². The molecule has 2 aromatic carbocycles. The third-order valence-corrected chi connectivity index (χ3v) is 7.05. The van der Waals surface area contributed by atoms with E-state index in [0.717, 1.165) is 5.69 Å². The molecule has 29 heavy (non-hydrogen) atoms. The molecule has 0 N–H and O–H groups in total. The molecule has 150 valence electrons. The van der Waals surface area contributed by atoms with Gasteiger partial charge in [0.2, 0.25) is 10.0 Å². The number of benzene rings is 2. The molecule has 2 heterocycles. The number of aromatic nitrogens is 3. The maximum atomic E-state index is 12.8. The van der Waals surface area contributed by atoms with Crippen molar-refractivity contribution >= 4 is 31.9 Å². The first-order valence-electron chi connectivity index (χ1n) is 8.98. The summed E-state index contributed by atoms with van der Waals surface area (Å²) in [6, 6.07) is 15.9. The number of para-hydroxylation sites is 1. The number of sulfonamides is 1. The van der Waals surface area contributed by atoms with Gasteiger partial charge in [0.05, 0.1) is 16.8 Å². The van der Waals surface area contributed by atoms with Gasteiger partial charge in [-0.25, -0.2) is 8.42 Å². The molecule has 4 rings (SSSR count). The predicted octanol–water partition coefficient (Wildman–Crippen LogP) is 2.18. The molecule has 10 heteroatoms. The highest BCUT2D eigenvalue weighted by atomic mass is 79.9. The second kappa shape index (κ2) is 8.05. The Hall–Kier alpha value is -2.56. The van der Waals surface area contributed by atoms with Gasteiger partial charge >= 0.3 is 0 Å². The van der Waals surface area contributed by atoms with E-state index in [1.807, 2.05) is 30.3 Å². The van der Waals surface area contributed by atoms with Gasteiger partial charge in [0, 0.05) is 30.7 Å². The molecule has 1 fully saturated rings. The van der Waals surface area contributed by atoms with E-state index in [9.17, 15) is 13.2 Å². The van der Waals surface area contributed by atoms with Crippen molar-refractivity contribution in [1.29, 1.82) is 0 Å². The maximum Gasteiger partial charge on any atom is 0.276 e. The second-order valence-corrected chi connectivity index (χ2v) is 9.36. The molecule has 0 bridgehead atoms. The minimum atomic E-state index is -3.60. The summed E-state index contributed by atoms with van der Waals surface area (Å²) >= 11 is 3.30. The summed E-state index contributed by atoms with van der Waals surface area (Å²) in [5, 5.41) is 8.41. The molecule has 0 saturated carbocycles. The Morgan fingerprint density at radius 2 is 1.69 bits per heavy atom. The lowest BCUT2D eigenvalue weighted by Gasteiger charge is -2.33. The molecular formula is C19H18BrN5O3S. The third-order valence-electron chi connectivity index (χ3n) is 4.66. The van der Waals surface area contributed by atoms with E-state index >= 15 is 0 Å². The summed E-state index contributed by atoms with van der Waals surface area (Å²) in [4.78, 5) is 16.0. The Morgan fingerprint density at radius 3 is 2.38 bits per heavy atom. The molecule has 1 saturated heterocycles. The summed E-state index contributed by atoms with van der Waals surface area (Å²) in [7, 11) is -3.60. The largest absolute Gasteiger partial charge is 0.335 e. The third kappa shape index (κ3) is 4.09. The van der Waals surface area contributed by atoms with E-state index in [0.29, 0.717) is 17.6 Å². The minimum Gasteiger partial charge on any atom is -0.335 e. The van der Waals surface area contributed by atoms with E-state index in [2.05, 4.69) is 26.1 Å². The number of nitrogens with zero attached hydrogens (tertiary/aromatic N) is 5. The van der Waals surface area contributed by atoms with Crippen LogP contribution in [0.3, 0.4) is 0 Å². The lowest BCUT2D eigenvalue weighted by molar-refractivity contribution is 0.0691. The fraction of sp³-hybridized carbons (Fsp3) is 0.211. The van der Waals surface area contributed by atoms with Crippen LogP contribution in [0.15, 0.2) is 70.2 Å². The van der Waals surface area contributed by atoms with Crippen molar-refractivity contribution in [1.82, 2.24) is 24.2 Å². The lowest BCUT2D eigenvalue weighted by Crippen LogP contribution is -2.50. The van der Waals surface area contributed by atoms with Gasteiger partial charge in [0.25, 0.3) is 5.91 Å². The normalized spacial score (nSPS) is 15.4. The number of hydrogen-bond donors (Lipinski definition) is 0. The molecule has 1 amide bonds. The van der Waals surface area contributed by atoms with Crippen LogP contribution < -0.4 is 0 Å². The summed E-state index contributed by atoms with van der Waals surface area (Å²) in [5.41, 5.74) is 0.994. The molecule has 1 aliphatic heterocycles. The van der Waals surface area contributed by atoms with Gasteiger partial charge in [0.15, 0.2) is 5.69 Å². The van der Waals surface area contributed by atoms with Crippen molar-refractivity contribution in [3.63, 3.8) is 0 Å². The zero-order valence-electron chi connectivity index (χ0n) is 15.3. The summed E-state index contributed by atoms with van der Waals surface area (Å²) in [6.45, 7) is 1.05. The highest BCUT2D eigenvalue weighted by Crippen LogP contribution is 2.21. The molecule has 0 atom stereocenters. The topological polar surface area (TPSA) is 88.4 Å². The number of amides is 1. The summed E-state index contributed by atoms with van der Waals surface area (Å²) in [5.74, 6) is -0.258. The predicted molar refractivity (Wildman–Crippen MR) is 110 cm³/mol. The smallest absolute Gasteiger partial charge is 0.276 e. The first-order valence-corrected chi connectivity index (χ1v) is 11.2. The Bertz CT molecular complexity index is 1130. The Kier molecular flexibility index (Phi) is 5.48. The molecule has 0 radical (unpaired) electrons. The van der Waals surface area contributed by atoms with Crippen molar-refractivity contribution < 1.29 is 13.2 Å². The number of rotatable bonds is 4. The van der Waals surface area contributed by atoms with Crippen LogP contribution in [0.2, 0.25) is 0 Å². The van der Waals surface area contributed by atoms with Crippen LogP contribution in [0.25, 0.3) is 5.69 Å². The van der Waals surface area contributed by atoms with Crippen LogP contribution in [0, 0.1) is 0 Å². The quantitative estimate of drug-likeness (QED) is 0.576. The molecular weight excluding hydrogens is 458 g/mol. The van der Waals surface area contributed by atoms with Crippen molar-refractivity contribution in [2.24, 2.45) is 0 Å². The van der Waals surface area contributed by atoms with Gasteiger partial charge in [0.1, 0.15) is 0 Å². The summed E-state index contributed by atoms with van der Waals surface area (Å²) < 4.78 is 27.7. The van der Waals surface area contributed by atoms with Gasteiger partial charge in [-0.2, -0.15) is 14.2 Å². The van der Waals surface area contributed by atoms with E-state index in [-0.39, 0.29) is 29.6 Å². The highest BCUT2D eigenvalue weighted by molar-refractivity contribution is 9.10. The van der Waals surface area contributed by atoms with Crippen molar-refractivity contribution in [2.45, 2.75) is 4.90 Å². The standard InChI is InChI=1S/C19H18BrN5O3S/c20-15-5-4-8-17(13-15)29(27,28)24-11-9-23(10-12-24)19(26)18-14-21-25(22-18)16-6-2-1-3-7-16/h1-8,13-14H,9-12H2. The Labute approximate surface area is 176 Å². The highest BCUT2D eigenvalue weighted by Gasteiger charge is 2.31. The molecule has 0 spiro atoms. The van der Waals surface area contributed by atoms with Gasteiger partial charge in [-0.05, 0) is 30.3 Å². The van der Waals surface area contributed by atoms with Crippen LogP contribution in [0.4, 0.5) is 0 Å². The average molecular weight is 476 g/mol. The fourth-order valence-electron chi connectivity index (χ4n) is 3.12. The zero-order valence-corrected chi connectivity index (χ0v) is 17.8. The average Bonchev–Trinajstić information content (AvgIpc) is 3.24. The number of carbonyl (C=O) groups excluding carboxylic acids is 1. The minimum absolute atomic E-state index is 0.230. The van der Waals surface area contributed by atoms with E-state index < -0.39 is 10.0 Å². The van der Waals surface area contributed by atoms with E-state index in [1.54, 1.807) is 29.2 Å².